The number of halogens is 1. The molecular formula is C10H9BrOS. The topological polar surface area (TPSA) is 17.1 Å². The van der Waals surface area contributed by atoms with Gasteiger partial charge in [0.2, 0.25) is 0 Å². The van der Waals surface area contributed by atoms with Gasteiger partial charge >= 0.3 is 0 Å². The van der Waals surface area contributed by atoms with Crippen LogP contribution in [0.15, 0.2) is 11.4 Å². The Morgan fingerprint density at radius 3 is 3.00 bits per heavy atom. The molecule has 0 spiro atoms. The van der Waals surface area contributed by atoms with Gasteiger partial charge in [-0.1, -0.05) is 27.8 Å². The highest BCUT2D eigenvalue weighted by molar-refractivity contribution is 9.09. The third kappa shape index (κ3) is 3.33. The van der Waals surface area contributed by atoms with Gasteiger partial charge in [-0.3, -0.25) is 4.79 Å². The molecule has 1 aromatic rings. The minimum absolute atomic E-state index is 0.110. The van der Waals surface area contributed by atoms with E-state index in [-0.39, 0.29) is 5.78 Å². The zero-order valence-corrected chi connectivity index (χ0v) is 9.67. The highest BCUT2D eigenvalue weighted by Gasteiger charge is 2.01. The first-order valence-corrected chi connectivity index (χ1v) is 5.88. The molecule has 0 saturated carbocycles. The average Bonchev–Trinajstić information content (AvgIpc) is 2.53. The minimum Gasteiger partial charge on any atom is -0.294 e. The summed E-state index contributed by atoms with van der Waals surface area (Å²) in [6.07, 6.45) is 0.839. The zero-order chi connectivity index (χ0) is 9.68. The summed E-state index contributed by atoms with van der Waals surface area (Å²) in [5.74, 6) is 6.11. The van der Waals surface area contributed by atoms with Crippen LogP contribution in [0.2, 0.25) is 0 Å². The van der Waals surface area contributed by atoms with Gasteiger partial charge in [-0.15, -0.1) is 11.3 Å². The van der Waals surface area contributed by atoms with Crippen LogP contribution in [-0.2, 0) is 0 Å². The maximum Gasteiger partial charge on any atom is 0.169 e. The molecule has 0 N–H and O–H groups in total. The van der Waals surface area contributed by atoms with Gasteiger partial charge in [0.05, 0.1) is 4.88 Å². The number of Topliss-reactive ketones (excluding diaryl/α,β-unsaturated/α-hetero) is 1. The normalized spacial score (nSPS) is 9.08. The van der Waals surface area contributed by atoms with Crippen LogP contribution in [0.4, 0.5) is 0 Å². The number of thiophene rings is 1. The highest BCUT2D eigenvalue weighted by atomic mass is 79.9. The number of carbonyl (C=O) groups excluding carboxylic acids is 1. The van der Waals surface area contributed by atoms with E-state index >= 15 is 0 Å². The predicted octanol–water partition coefficient (Wildman–Crippen LogP) is 3.09. The Balaban J connectivity index is 2.71. The van der Waals surface area contributed by atoms with Crippen LogP contribution in [0.1, 0.15) is 28.6 Å². The molecule has 68 valence electrons. The van der Waals surface area contributed by atoms with E-state index in [0.29, 0.717) is 0 Å². The fourth-order valence-corrected chi connectivity index (χ4v) is 1.74. The molecule has 0 fully saturated rings. The molecule has 3 heteroatoms. The molecule has 1 aromatic heterocycles. The number of hydrogen-bond acceptors (Lipinski definition) is 2. The summed E-state index contributed by atoms with van der Waals surface area (Å²) < 4.78 is 0. The first-order chi connectivity index (χ1) is 6.24. The van der Waals surface area contributed by atoms with Crippen molar-refractivity contribution in [3.05, 3.63) is 21.9 Å². The Morgan fingerprint density at radius 1 is 1.69 bits per heavy atom. The van der Waals surface area contributed by atoms with Crippen LogP contribution in [0.25, 0.3) is 0 Å². The lowest BCUT2D eigenvalue weighted by Gasteiger charge is -1.81. The zero-order valence-electron chi connectivity index (χ0n) is 7.26. The van der Waals surface area contributed by atoms with Gasteiger partial charge in [-0.05, 0) is 13.0 Å². The first-order valence-electron chi connectivity index (χ1n) is 3.88. The maximum absolute atomic E-state index is 10.9. The van der Waals surface area contributed by atoms with Gasteiger partial charge in [-0.25, -0.2) is 0 Å². The standard InChI is InChI=1S/C10H9BrOS/c1-8(12)10-6-9(7-13-10)4-2-3-5-11/h6-7H,3,5H2,1H3. The molecule has 0 aromatic carbocycles. The van der Waals surface area contributed by atoms with Gasteiger partial charge in [0, 0.05) is 22.7 Å². The third-order valence-corrected chi connectivity index (χ3v) is 2.83. The van der Waals surface area contributed by atoms with Crippen LogP contribution in [0, 0.1) is 11.8 Å². The first kappa shape index (κ1) is 10.5. The monoisotopic (exact) mass is 256 g/mol. The average molecular weight is 257 g/mol. The minimum atomic E-state index is 0.110. The molecule has 1 rings (SSSR count). The van der Waals surface area contributed by atoms with Crippen LogP contribution in [0.3, 0.4) is 0 Å². The lowest BCUT2D eigenvalue weighted by Crippen LogP contribution is -1.84. The number of ketones is 1. The van der Waals surface area contributed by atoms with Crippen molar-refractivity contribution < 1.29 is 4.79 Å². The van der Waals surface area contributed by atoms with Crippen molar-refractivity contribution in [3.8, 4) is 11.8 Å². The number of rotatable bonds is 2. The fraction of sp³-hybridized carbons (Fsp3) is 0.300. The lowest BCUT2D eigenvalue weighted by molar-refractivity contribution is 0.102. The Bertz CT molecular complexity index is 356. The predicted molar refractivity (Wildman–Crippen MR) is 59.6 cm³/mol. The van der Waals surface area contributed by atoms with Gasteiger partial charge in [-0.2, -0.15) is 0 Å². The van der Waals surface area contributed by atoms with E-state index in [2.05, 4.69) is 27.8 Å². The molecule has 0 aliphatic carbocycles. The molecule has 0 aliphatic rings. The van der Waals surface area contributed by atoms with E-state index in [1.165, 1.54) is 11.3 Å². The van der Waals surface area contributed by atoms with Crippen molar-refractivity contribution in [1.82, 2.24) is 0 Å². The van der Waals surface area contributed by atoms with Crippen molar-refractivity contribution >= 4 is 33.0 Å². The molecule has 0 unspecified atom stereocenters. The summed E-state index contributed by atoms with van der Waals surface area (Å²) in [5.41, 5.74) is 0.941. The molecule has 13 heavy (non-hydrogen) atoms. The molecule has 0 radical (unpaired) electrons. The van der Waals surface area contributed by atoms with E-state index in [0.717, 1.165) is 22.2 Å². The summed E-state index contributed by atoms with van der Waals surface area (Å²) in [6.45, 7) is 1.57. The van der Waals surface area contributed by atoms with Crippen LogP contribution in [0.5, 0.6) is 0 Å². The second-order valence-electron chi connectivity index (χ2n) is 2.50. The van der Waals surface area contributed by atoms with Crippen molar-refractivity contribution in [3.63, 3.8) is 0 Å². The van der Waals surface area contributed by atoms with E-state index in [1.807, 2.05) is 11.4 Å². The summed E-state index contributed by atoms with van der Waals surface area (Å²) in [5, 5.41) is 2.81. The summed E-state index contributed by atoms with van der Waals surface area (Å²) >= 11 is 4.75. The van der Waals surface area contributed by atoms with Gasteiger partial charge < -0.3 is 0 Å². The van der Waals surface area contributed by atoms with Crippen molar-refractivity contribution in [2.45, 2.75) is 13.3 Å². The molecule has 1 nitrogen and oxygen atoms in total. The molecule has 0 bridgehead atoms. The van der Waals surface area contributed by atoms with E-state index < -0.39 is 0 Å². The third-order valence-electron chi connectivity index (χ3n) is 1.40. The lowest BCUT2D eigenvalue weighted by atomic mass is 10.2. The molecular weight excluding hydrogens is 248 g/mol. The second kappa shape index (κ2) is 5.21. The summed E-state index contributed by atoms with van der Waals surface area (Å²) in [7, 11) is 0. The van der Waals surface area contributed by atoms with Gasteiger partial charge in [0.15, 0.2) is 5.78 Å². The van der Waals surface area contributed by atoms with Crippen molar-refractivity contribution in [1.29, 1.82) is 0 Å². The van der Waals surface area contributed by atoms with E-state index in [4.69, 9.17) is 0 Å². The maximum atomic E-state index is 10.9. The van der Waals surface area contributed by atoms with Gasteiger partial charge in [0.25, 0.3) is 0 Å². The highest BCUT2D eigenvalue weighted by Crippen LogP contribution is 2.13. The molecule has 0 atom stereocenters. The van der Waals surface area contributed by atoms with Gasteiger partial charge in [0.1, 0.15) is 0 Å². The molecule has 0 saturated heterocycles. The SMILES string of the molecule is CC(=O)c1cc(C#CCCBr)cs1. The Hall–Kier alpha value is -0.590. The quantitative estimate of drug-likeness (QED) is 0.452. The second-order valence-corrected chi connectivity index (χ2v) is 4.20. The number of carbonyl (C=O) groups is 1. The largest absolute Gasteiger partial charge is 0.294 e. The van der Waals surface area contributed by atoms with E-state index in [9.17, 15) is 4.79 Å². The smallest absolute Gasteiger partial charge is 0.169 e. The molecule has 0 aliphatic heterocycles. The number of alkyl halides is 1. The van der Waals surface area contributed by atoms with Crippen molar-refractivity contribution in [2.24, 2.45) is 0 Å². The molecule has 1 heterocycles. The van der Waals surface area contributed by atoms with E-state index in [1.54, 1.807) is 6.92 Å². The Labute approximate surface area is 90.3 Å². The summed E-state index contributed by atoms with van der Waals surface area (Å²) in [6, 6.07) is 1.84. The van der Waals surface area contributed by atoms with Crippen LogP contribution >= 0.6 is 27.3 Å². The summed E-state index contributed by atoms with van der Waals surface area (Å²) in [4.78, 5) is 11.7. The van der Waals surface area contributed by atoms with Crippen LogP contribution in [-0.4, -0.2) is 11.1 Å². The van der Waals surface area contributed by atoms with Crippen LogP contribution < -0.4 is 0 Å². The fourth-order valence-electron chi connectivity index (χ4n) is 0.798. The number of hydrogen-bond donors (Lipinski definition) is 0. The Morgan fingerprint density at radius 2 is 2.46 bits per heavy atom. The van der Waals surface area contributed by atoms with Crippen molar-refractivity contribution in [2.75, 3.05) is 5.33 Å². The Kier molecular flexibility index (Phi) is 4.20. The molecule has 0 amide bonds.